The summed E-state index contributed by atoms with van der Waals surface area (Å²) in [6.45, 7) is 4.42. The van der Waals surface area contributed by atoms with E-state index in [9.17, 15) is 18.0 Å². The Hall–Kier alpha value is -3.49. The second kappa shape index (κ2) is 14.6. The van der Waals surface area contributed by atoms with Crippen molar-refractivity contribution in [3.63, 3.8) is 0 Å². The minimum absolute atomic E-state index is 0.0266. The van der Waals surface area contributed by atoms with Crippen LogP contribution in [0.1, 0.15) is 44.2 Å². The third-order valence-electron chi connectivity index (χ3n) is 6.78. The van der Waals surface area contributed by atoms with Gasteiger partial charge < -0.3 is 10.2 Å². The number of hydrogen-bond acceptors (Lipinski definition) is 4. The van der Waals surface area contributed by atoms with Gasteiger partial charge in [-0.05, 0) is 43.0 Å². The summed E-state index contributed by atoms with van der Waals surface area (Å²) in [5.41, 5.74) is 1.88. The Bertz CT molecular complexity index is 1290. The topological polar surface area (TPSA) is 86.8 Å². The van der Waals surface area contributed by atoms with E-state index in [1.807, 2.05) is 74.5 Å². The van der Waals surface area contributed by atoms with Crippen LogP contribution in [0.2, 0.25) is 0 Å². The molecule has 0 aliphatic heterocycles. The lowest BCUT2D eigenvalue weighted by Crippen LogP contribution is -2.52. The molecule has 8 heteroatoms. The number of carbonyl (C=O) groups excluding carboxylic acids is 2. The zero-order chi connectivity index (χ0) is 28.3. The van der Waals surface area contributed by atoms with Gasteiger partial charge in [0.15, 0.2) is 0 Å². The second-order valence-corrected chi connectivity index (χ2v) is 11.8. The quantitative estimate of drug-likeness (QED) is 0.317. The molecule has 0 saturated heterocycles. The average Bonchev–Trinajstić information content (AvgIpc) is 2.96. The third kappa shape index (κ3) is 8.76. The summed E-state index contributed by atoms with van der Waals surface area (Å²) in [6, 6.07) is 26.8. The van der Waals surface area contributed by atoms with E-state index in [2.05, 4.69) is 5.32 Å². The number of nitrogens with zero attached hydrogens (tertiary/aromatic N) is 2. The highest BCUT2D eigenvalue weighted by molar-refractivity contribution is 7.89. The normalized spacial score (nSPS) is 13.0. The number of hydrogen-bond donors (Lipinski definition) is 1. The Morgan fingerprint density at radius 1 is 0.846 bits per heavy atom. The van der Waals surface area contributed by atoms with Crippen LogP contribution in [0.5, 0.6) is 0 Å². The summed E-state index contributed by atoms with van der Waals surface area (Å²) in [4.78, 5) is 29.1. The molecule has 0 fully saturated rings. The first-order chi connectivity index (χ1) is 18.7. The van der Waals surface area contributed by atoms with Crippen LogP contribution in [-0.4, -0.2) is 55.1 Å². The largest absolute Gasteiger partial charge is 0.352 e. The van der Waals surface area contributed by atoms with Gasteiger partial charge in [-0.25, -0.2) is 12.7 Å². The highest BCUT2D eigenvalue weighted by atomic mass is 32.2. The molecule has 208 valence electrons. The molecule has 3 aromatic rings. The van der Waals surface area contributed by atoms with Crippen molar-refractivity contribution in [3.8, 4) is 0 Å². The smallest absolute Gasteiger partial charge is 0.243 e. The number of rotatable bonds is 14. The Kier molecular flexibility index (Phi) is 11.3. The predicted octanol–water partition coefficient (Wildman–Crippen LogP) is 4.64. The zero-order valence-corrected chi connectivity index (χ0v) is 23.8. The number of benzene rings is 3. The molecule has 0 aliphatic rings. The Labute approximate surface area is 232 Å². The van der Waals surface area contributed by atoms with E-state index in [0.29, 0.717) is 12.8 Å². The van der Waals surface area contributed by atoms with Crippen molar-refractivity contribution in [2.75, 3.05) is 13.6 Å². The summed E-state index contributed by atoms with van der Waals surface area (Å²) in [7, 11) is -2.13. The molecular weight excluding hydrogens is 510 g/mol. The molecule has 0 bridgehead atoms. The van der Waals surface area contributed by atoms with E-state index in [0.717, 1.165) is 17.5 Å². The molecule has 0 aliphatic carbocycles. The van der Waals surface area contributed by atoms with Crippen LogP contribution in [-0.2, 0) is 32.6 Å². The molecule has 3 rings (SSSR count). The number of amides is 2. The van der Waals surface area contributed by atoms with Gasteiger partial charge in [-0.15, -0.1) is 0 Å². The minimum Gasteiger partial charge on any atom is -0.352 e. The number of nitrogens with one attached hydrogen (secondary N) is 1. The van der Waals surface area contributed by atoms with Gasteiger partial charge in [0, 0.05) is 39.0 Å². The molecule has 0 spiro atoms. The molecule has 2 atom stereocenters. The van der Waals surface area contributed by atoms with E-state index in [1.54, 1.807) is 35.2 Å². The van der Waals surface area contributed by atoms with Crippen molar-refractivity contribution in [2.24, 2.45) is 0 Å². The monoisotopic (exact) mass is 549 g/mol. The van der Waals surface area contributed by atoms with Crippen molar-refractivity contribution in [2.45, 2.75) is 63.1 Å². The molecule has 0 heterocycles. The van der Waals surface area contributed by atoms with Crippen LogP contribution in [0.3, 0.4) is 0 Å². The van der Waals surface area contributed by atoms with E-state index < -0.39 is 16.1 Å². The van der Waals surface area contributed by atoms with E-state index >= 15 is 0 Å². The van der Waals surface area contributed by atoms with Crippen molar-refractivity contribution in [1.29, 1.82) is 0 Å². The summed E-state index contributed by atoms with van der Waals surface area (Å²) in [6.07, 6.45) is 1.60. The molecule has 3 aromatic carbocycles. The molecule has 1 N–H and O–H groups in total. The van der Waals surface area contributed by atoms with Gasteiger partial charge in [-0.2, -0.15) is 0 Å². The van der Waals surface area contributed by atoms with E-state index in [1.165, 1.54) is 11.4 Å². The van der Waals surface area contributed by atoms with Crippen LogP contribution < -0.4 is 5.32 Å². The molecule has 0 saturated carbocycles. The van der Waals surface area contributed by atoms with Crippen molar-refractivity contribution < 1.29 is 18.0 Å². The molecule has 0 unspecified atom stereocenters. The van der Waals surface area contributed by atoms with Gasteiger partial charge >= 0.3 is 0 Å². The fraction of sp³-hybridized carbons (Fsp3) is 0.355. The first kappa shape index (κ1) is 30.1. The Balaban J connectivity index is 1.81. The van der Waals surface area contributed by atoms with Crippen LogP contribution in [0, 0.1) is 0 Å². The van der Waals surface area contributed by atoms with Crippen LogP contribution in [0.4, 0.5) is 0 Å². The van der Waals surface area contributed by atoms with Crippen LogP contribution >= 0.6 is 0 Å². The summed E-state index contributed by atoms with van der Waals surface area (Å²) < 4.78 is 27.1. The summed E-state index contributed by atoms with van der Waals surface area (Å²) >= 11 is 0. The minimum atomic E-state index is -3.65. The molecule has 0 aromatic heterocycles. The Morgan fingerprint density at radius 3 is 1.95 bits per heavy atom. The van der Waals surface area contributed by atoms with Crippen molar-refractivity contribution in [1.82, 2.24) is 14.5 Å². The highest BCUT2D eigenvalue weighted by Crippen LogP contribution is 2.18. The Morgan fingerprint density at radius 2 is 1.38 bits per heavy atom. The van der Waals surface area contributed by atoms with Gasteiger partial charge in [0.2, 0.25) is 21.8 Å². The molecular formula is C31H39N3O4S. The number of carbonyl (C=O) groups is 2. The van der Waals surface area contributed by atoms with Gasteiger partial charge in [0.25, 0.3) is 0 Å². The maximum Gasteiger partial charge on any atom is 0.243 e. The second-order valence-electron chi connectivity index (χ2n) is 9.77. The lowest BCUT2D eigenvalue weighted by molar-refractivity contribution is -0.141. The summed E-state index contributed by atoms with van der Waals surface area (Å²) in [5, 5.41) is 3.06. The van der Waals surface area contributed by atoms with E-state index in [4.69, 9.17) is 0 Å². The van der Waals surface area contributed by atoms with Crippen molar-refractivity contribution in [3.05, 3.63) is 102 Å². The fourth-order valence-electron chi connectivity index (χ4n) is 4.26. The molecule has 0 radical (unpaired) electrons. The zero-order valence-electron chi connectivity index (χ0n) is 23.0. The van der Waals surface area contributed by atoms with Crippen LogP contribution in [0.15, 0.2) is 95.9 Å². The first-order valence-corrected chi connectivity index (χ1v) is 14.9. The lowest BCUT2D eigenvalue weighted by Gasteiger charge is -2.32. The highest BCUT2D eigenvalue weighted by Gasteiger charge is 2.31. The molecule has 7 nitrogen and oxygen atoms in total. The van der Waals surface area contributed by atoms with E-state index in [-0.39, 0.29) is 42.3 Å². The first-order valence-electron chi connectivity index (χ1n) is 13.4. The van der Waals surface area contributed by atoms with Crippen LogP contribution in [0.25, 0.3) is 0 Å². The van der Waals surface area contributed by atoms with Gasteiger partial charge in [0.1, 0.15) is 6.04 Å². The fourth-order valence-corrected chi connectivity index (χ4v) is 5.49. The van der Waals surface area contributed by atoms with Crippen molar-refractivity contribution >= 4 is 21.8 Å². The molecule has 2 amide bonds. The standard InChI is InChI=1S/C31H39N3O4S/c1-4-25(2)32-31(36)29(23-26-15-8-5-9-16-26)34(24-27-17-10-6-11-18-27)30(35)21-14-22-33(3)39(37,38)28-19-12-7-13-20-28/h5-13,15-20,25,29H,4,14,21-24H2,1-3H3,(H,32,36)/t25-,29-/m1/s1. The SMILES string of the molecule is CC[C@@H](C)NC(=O)[C@@H](Cc1ccccc1)N(Cc1ccccc1)C(=O)CCCN(C)S(=O)(=O)c1ccccc1. The maximum absolute atomic E-state index is 13.7. The number of sulfonamides is 1. The molecule has 39 heavy (non-hydrogen) atoms. The third-order valence-corrected chi connectivity index (χ3v) is 8.65. The van der Waals surface area contributed by atoms with Gasteiger partial charge in [-0.3, -0.25) is 9.59 Å². The lowest BCUT2D eigenvalue weighted by atomic mass is 10.0. The van der Waals surface area contributed by atoms with Gasteiger partial charge in [0.05, 0.1) is 4.90 Å². The average molecular weight is 550 g/mol. The maximum atomic E-state index is 13.7. The predicted molar refractivity (Wildman–Crippen MR) is 154 cm³/mol. The summed E-state index contributed by atoms with van der Waals surface area (Å²) in [5.74, 6) is -0.383. The van der Waals surface area contributed by atoms with Gasteiger partial charge in [-0.1, -0.05) is 85.8 Å².